The first-order chi connectivity index (χ1) is 14.2. The third-order valence-corrected chi connectivity index (χ3v) is 8.60. The molecule has 1 aromatic carbocycles. The van der Waals surface area contributed by atoms with E-state index in [0.717, 1.165) is 12.1 Å². The summed E-state index contributed by atoms with van der Waals surface area (Å²) < 4.78 is 69.9. The number of hydrogen-bond donors (Lipinski definition) is 1. The highest BCUT2D eigenvalue weighted by molar-refractivity contribution is 7.91. The molecule has 1 amide bonds. The topological polar surface area (TPSA) is 114 Å². The highest BCUT2D eigenvalue weighted by Gasteiger charge is 2.32. The molecule has 0 radical (unpaired) electrons. The summed E-state index contributed by atoms with van der Waals surface area (Å²) in [6.45, 7) is 0.448. The molecule has 0 spiro atoms. The Hall–Kier alpha value is -2.24. The van der Waals surface area contributed by atoms with E-state index in [4.69, 9.17) is 4.42 Å². The highest BCUT2D eigenvalue weighted by Crippen LogP contribution is 2.22. The van der Waals surface area contributed by atoms with Gasteiger partial charge in [0.25, 0.3) is 0 Å². The van der Waals surface area contributed by atoms with E-state index in [9.17, 15) is 26.0 Å². The molecule has 0 bridgehead atoms. The van der Waals surface area contributed by atoms with Crippen LogP contribution in [0.5, 0.6) is 0 Å². The number of sulfonamides is 1. The molecule has 1 aliphatic rings. The van der Waals surface area contributed by atoms with E-state index in [0.29, 0.717) is 18.6 Å². The van der Waals surface area contributed by atoms with Gasteiger partial charge in [0.1, 0.15) is 17.3 Å². The van der Waals surface area contributed by atoms with E-state index < -0.39 is 30.9 Å². The number of nitrogens with one attached hydrogen (secondary N) is 1. The Labute approximate surface area is 175 Å². The first-order valence-electron chi connectivity index (χ1n) is 9.44. The van der Waals surface area contributed by atoms with Crippen molar-refractivity contribution in [1.82, 2.24) is 9.62 Å². The zero-order chi connectivity index (χ0) is 21.8. The smallest absolute Gasteiger partial charge is 0.240 e. The molecule has 1 aliphatic heterocycles. The monoisotopic (exact) mass is 458 g/mol. The number of sulfone groups is 1. The van der Waals surface area contributed by atoms with E-state index in [1.165, 1.54) is 23.3 Å². The second kappa shape index (κ2) is 9.27. The molecule has 8 nitrogen and oxygen atoms in total. The van der Waals surface area contributed by atoms with Crippen LogP contribution in [-0.4, -0.2) is 52.5 Å². The molecule has 11 heteroatoms. The molecule has 0 unspecified atom stereocenters. The number of furan rings is 1. The van der Waals surface area contributed by atoms with Gasteiger partial charge in [-0.15, -0.1) is 0 Å². The van der Waals surface area contributed by atoms with Gasteiger partial charge >= 0.3 is 0 Å². The van der Waals surface area contributed by atoms with Crippen LogP contribution in [0.3, 0.4) is 0 Å². The number of benzene rings is 1. The molecule has 1 aromatic heterocycles. The summed E-state index contributed by atoms with van der Waals surface area (Å²) >= 11 is 0. The van der Waals surface area contributed by atoms with E-state index in [-0.39, 0.29) is 42.6 Å². The highest BCUT2D eigenvalue weighted by atomic mass is 32.2. The lowest BCUT2D eigenvalue weighted by atomic mass is 10.1. The Morgan fingerprint density at radius 1 is 1.13 bits per heavy atom. The van der Waals surface area contributed by atoms with Crippen LogP contribution >= 0.6 is 0 Å². The Bertz CT molecular complexity index is 1080. The van der Waals surface area contributed by atoms with Crippen LogP contribution < -0.4 is 4.72 Å². The van der Waals surface area contributed by atoms with Gasteiger partial charge in [-0.2, -0.15) is 0 Å². The van der Waals surface area contributed by atoms with Crippen LogP contribution in [0.4, 0.5) is 4.39 Å². The lowest BCUT2D eigenvalue weighted by molar-refractivity contribution is -0.131. The van der Waals surface area contributed by atoms with Crippen LogP contribution in [0.2, 0.25) is 0 Å². The predicted octanol–water partition coefficient (Wildman–Crippen LogP) is 1.69. The number of likely N-dealkylation sites (tertiary alicyclic amines) is 1. The van der Waals surface area contributed by atoms with E-state index in [2.05, 4.69) is 4.72 Å². The summed E-state index contributed by atoms with van der Waals surface area (Å²) in [5.74, 6) is -0.711. The summed E-state index contributed by atoms with van der Waals surface area (Å²) in [4.78, 5) is 13.7. The quantitative estimate of drug-likeness (QED) is 0.644. The van der Waals surface area contributed by atoms with Gasteiger partial charge in [-0.1, -0.05) is 6.07 Å². The summed E-state index contributed by atoms with van der Waals surface area (Å²) in [5.41, 5.74) is 0. The predicted molar refractivity (Wildman–Crippen MR) is 107 cm³/mol. The number of amides is 1. The number of carbonyl (C=O) groups excluding carboxylic acids is 1. The van der Waals surface area contributed by atoms with Gasteiger partial charge < -0.3 is 9.32 Å². The molecule has 0 aliphatic carbocycles. The van der Waals surface area contributed by atoms with Gasteiger partial charge in [-0.3, -0.25) is 4.79 Å². The van der Waals surface area contributed by atoms with Crippen molar-refractivity contribution in [3.63, 3.8) is 0 Å². The summed E-state index contributed by atoms with van der Waals surface area (Å²) in [5, 5.41) is -0.543. The van der Waals surface area contributed by atoms with Crippen molar-refractivity contribution >= 4 is 25.8 Å². The summed E-state index contributed by atoms with van der Waals surface area (Å²) in [6, 6.07) is 7.84. The SMILES string of the molecule is O=C(CCNS(=O)(=O)c1cccc(F)c1)N1CCC(S(=O)(=O)Cc2ccco2)CC1. The lowest BCUT2D eigenvalue weighted by Gasteiger charge is -2.31. The first-order valence-corrected chi connectivity index (χ1v) is 12.6. The fourth-order valence-electron chi connectivity index (χ4n) is 3.34. The lowest BCUT2D eigenvalue weighted by Crippen LogP contribution is -2.43. The minimum atomic E-state index is -3.91. The minimum Gasteiger partial charge on any atom is -0.468 e. The molecule has 1 fully saturated rings. The molecule has 0 atom stereocenters. The molecule has 3 rings (SSSR count). The number of hydrogen-bond acceptors (Lipinski definition) is 6. The maximum Gasteiger partial charge on any atom is 0.240 e. The molecule has 0 saturated carbocycles. The minimum absolute atomic E-state index is 0.0711. The van der Waals surface area contributed by atoms with Crippen molar-refractivity contribution in [2.24, 2.45) is 0 Å². The molecule has 2 aromatic rings. The molecule has 1 saturated heterocycles. The van der Waals surface area contributed by atoms with Gasteiger partial charge in [-0.05, 0) is 43.2 Å². The average Bonchev–Trinajstić information content (AvgIpc) is 3.20. The van der Waals surface area contributed by atoms with Gasteiger partial charge in [0.05, 0.1) is 16.4 Å². The number of nitrogens with zero attached hydrogens (tertiary/aromatic N) is 1. The van der Waals surface area contributed by atoms with Crippen molar-refractivity contribution in [1.29, 1.82) is 0 Å². The normalized spacial score (nSPS) is 16.0. The molecular formula is C19H23FN2O6S2. The average molecular weight is 459 g/mol. The van der Waals surface area contributed by atoms with E-state index in [1.54, 1.807) is 12.1 Å². The second-order valence-electron chi connectivity index (χ2n) is 7.07. The number of rotatable bonds is 8. The fraction of sp³-hybridized carbons (Fsp3) is 0.421. The third kappa shape index (κ3) is 5.67. The fourth-order valence-corrected chi connectivity index (χ4v) is 6.13. The van der Waals surface area contributed by atoms with Crippen molar-refractivity contribution < 1.29 is 30.4 Å². The van der Waals surface area contributed by atoms with Crippen molar-refractivity contribution in [2.45, 2.75) is 35.2 Å². The maximum absolute atomic E-state index is 13.2. The van der Waals surface area contributed by atoms with E-state index >= 15 is 0 Å². The van der Waals surface area contributed by atoms with E-state index in [1.807, 2.05) is 0 Å². The van der Waals surface area contributed by atoms with Crippen molar-refractivity contribution in [3.05, 3.63) is 54.2 Å². The van der Waals surface area contributed by atoms with Crippen LogP contribution in [-0.2, 0) is 30.4 Å². The zero-order valence-electron chi connectivity index (χ0n) is 16.2. The molecule has 1 N–H and O–H groups in total. The van der Waals surface area contributed by atoms with Gasteiger partial charge in [-0.25, -0.2) is 25.9 Å². The van der Waals surface area contributed by atoms with Gasteiger partial charge in [0, 0.05) is 26.1 Å². The van der Waals surface area contributed by atoms with Crippen LogP contribution in [0.1, 0.15) is 25.0 Å². The Kier molecular flexibility index (Phi) is 6.94. The molecule has 2 heterocycles. The number of carbonyl (C=O) groups is 1. The largest absolute Gasteiger partial charge is 0.468 e. The molecule has 164 valence electrons. The second-order valence-corrected chi connectivity index (χ2v) is 11.1. The molecule has 30 heavy (non-hydrogen) atoms. The number of piperidine rings is 1. The Morgan fingerprint density at radius 2 is 1.87 bits per heavy atom. The summed E-state index contributed by atoms with van der Waals surface area (Å²) in [6.07, 6.45) is 2.00. The van der Waals surface area contributed by atoms with Gasteiger partial charge in [0.15, 0.2) is 9.84 Å². The van der Waals surface area contributed by atoms with Crippen molar-refractivity contribution in [3.8, 4) is 0 Å². The van der Waals surface area contributed by atoms with Crippen LogP contribution in [0.25, 0.3) is 0 Å². The first kappa shape index (κ1) is 22.4. The Morgan fingerprint density at radius 3 is 2.50 bits per heavy atom. The van der Waals surface area contributed by atoms with Crippen LogP contribution in [0.15, 0.2) is 52.0 Å². The van der Waals surface area contributed by atoms with Gasteiger partial charge in [0.2, 0.25) is 15.9 Å². The zero-order valence-corrected chi connectivity index (χ0v) is 17.8. The standard InChI is InChI=1S/C19H23FN2O6S2/c20-15-3-1-5-18(13-15)30(26,27)21-9-6-19(23)22-10-7-17(8-11-22)29(24,25)14-16-4-2-12-28-16/h1-5,12-13,17,21H,6-11,14H2. The third-order valence-electron chi connectivity index (χ3n) is 4.96. The van der Waals surface area contributed by atoms with Crippen LogP contribution in [0, 0.1) is 5.82 Å². The Balaban J connectivity index is 1.46. The number of halogens is 1. The summed E-state index contributed by atoms with van der Waals surface area (Å²) in [7, 11) is -7.29. The van der Waals surface area contributed by atoms with Crippen molar-refractivity contribution in [2.75, 3.05) is 19.6 Å². The molecular weight excluding hydrogens is 435 g/mol. The maximum atomic E-state index is 13.2.